The molecule has 2 amide bonds. The van der Waals surface area contributed by atoms with Gasteiger partial charge in [-0.05, 0) is 11.1 Å². The van der Waals surface area contributed by atoms with Gasteiger partial charge in [-0.3, -0.25) is 14.5 Å². The molecule has 0 saturated carbocycles. The summed E-state index contributed by atoms with van der Waals surface area (Å²) in [6, 6.07) is 18.6. The molecule has 1 saturated heterocycles. The lowest BCUT2D eigenvalue weighted by atomic mass is 10.0. The molecule has 0 bridgehead atoms. The number of carbonyl (C=O) groups excluding carboxylic acids is 2. The van der Waals surface area contributed by atoms with Crippen LogP contribution < -0.4 is 5.32 Å². The first-order valence-electron chi connectivity index (χ1n) is 10.1. The maximum atomic E-state index is 13.2. The van der Waals surface area contributed by atoms with Crippen LogP contribution in [-0.4, -0.2) is 61.0 Å². The largest absolute Gasteiger partial charge is 0.379 e. The molecule has 0 spiro atoms. The topological polar surface area (TPSA) is 61.9 Å². The molecule has 0 radical (unpaired) electrons. The van der Waals surface area contributed by atoms with E-state index in [0.717, 1.165) is 44.0 Å². The number of morpholine rings is 1. The lowest BCUT2D eigenvalue weighted by Crippen LogP contribution is -2.45. The highest BCUT2D eigenvalue weighted by Gasteiger charge is 2.29. The molecule has 1 aliphatic rings. The van der Waals surface area contributed by atoms with E-state index in [2.05, 4.69) is 10.2 Å². The summed E-state index contributed by atoms with van der Waals surface area (Å²) in [5.41, 5.74) is 1.80. The Hall–Kier alpha value is -2.70. The van der Waals surface area contributed by atoms with Crippen LogP contribution in [0.1, 0.15) is 24.1 Å². The third kappa shape index (κ3) is 6.14. The normalized spacial score (nSPS) is 15.5. The maximum Gasteiger partial charge on any atom is 0.247 e. The van der Waals surface area contributed by atoms with Crippen molar-refractivity contribution in [2.75, 3.05) is 39.4 Å². The first-order valence-corrected chi connectivity index (χ1v) is 10.1. The SMILES string of the molecule is CC(=O)N(Cc1ccccc1)[C@@H](C(=O)NCCN1CCOCC1)c1ccccc1. The van der Waals surface area contributed by atoms with Crippen LogP contribution >= 0.6 is 0 Å². The van der Waals surface area contributed by atoms with Gasteiger partial charge in [0.05, 0.1) is 13.2 Å². The van der Waals surface area contributed by atoms with E-state index in [1.807, 2.05) is 60.7 Å². The monoisotopic (exact) mass is 395 g/mol. The molecule has 1 heterocycles. The summed E-state index contributed by atoms with van der Waals surface area (Å²) in [7, 11) is 0. The standard InChI is InChI=1S/C23H29N3O3/c1-19(27)26(18-20-8-4-2-5-9-20)22(21-10-6-3-7-11-21)23(28)24-12-13-25-14-16-29-17-15-25/h2-11,22H,12-18H2,1H3,(H,24,28)/t22-/m1/s1. The first kappa shape index (κ1) is 21.0. The van der Waals surface area contributed by atoms with Gasteiger partial charge in [0.2, 0.25) is 11.8 Å². The number of hydrogen-bond donors (Lipinski definition) is 1. The molecule has 6 heteroatoms. The average molecular weight is 396 g/mol. The van der Waals surface area contributed by atoms with Crippen molar-refractivity contribution < 1.29 is 14.3 Å². The Bertz CT molecular complexity index is 776. The minimum Gasteiger partial charge on any atom is -0.379 e. The molecular formula is C23H29N3O3. The Morgan fingerprint density at radius 3 is 2.28 bits per heavy atom. The van der Waals surface area contributed by atoms with Gasteiger partial charge >= 0.3 is 0 Å². The van der Waals surface area contributed by atoms with Crippen molar-refractivity contribution in [1.29, 1.82) is 0 Å². The fraction of sp³-hybridized carbons (Fsp3) is 0.391. The quantitative estimate of drug-likeness (QED) is 0.745. The Morgan fingerprint density at radius 2 is 1.66 bits per heavy atom. The van der Waals surface area contributed by atoms with Crippen molar-refractivity contribution in [2.45, 2.75) is 19.5 Å². The lowest BCUT2D eigenvalue weighted by molar-refractivity contribution is -0.140. The highest BCUT2D eigenvalue weighted by molar-refractivity contribution is 5.88. The van der Waals surface area contributed by atoms with E-state index in [0.29, 0.717) is 13.1 Å². The van der Waals surface area contributed by atoms with Crippen molar-refractivity contribution in [3.8, 4) is 0 Å². The summed E-state index contributed by atoms with van der Waals surface area (Å²) in [4.78, 5) is 29.6. The molecular weight excluding hydrogens is 366 g/mol. The van der Waals surface area contributed by atoms with E-state index in [4.69, 9.17) is 4.74 Å². The third-order valence-electron chi connectivity index (χ3n) is 5.11. The predicted octanol–water partition coefficient (Wildman–Crippen LogP) is 2.22. The second-order valence-corrected chi connectivity index (χ2v) is 7.19. The van der Waals surface area contributed by atoms with E-state index in [-0.39, 0.29) is 11.8 Å². The van der Waals surface area contributed by atoms with E-state index >= 15 is 0 Å². The number of nitrogens with one attached hydrogen (secondary N) is 1. The molecule has 3 rings (SSSR count). The van der Waals surface area contributed by atoms with Crippen LogP contribution in [0.25, 0.3) is 0 Å². The summed E-state index contributed by atoms with van der Waals surface area (Å²) in [5.74, 6) is -0.290. The van der Waals surface area contributed by atoms with Gasteiger partial charge in [0.25, 0.3) is 0 Å². The molecule has 2 aromatic rings. The van der Waals surface area contributed by atoms with Crippen LogP contribution in [0.5, 0.6) is 0 Å². The minimum absolute atomic E-state index is 0.133. The molecule has 1 N–H and O–H groups in total. The number of nitrogens with zero attached hydrogens (tertiary/aromatic N) is 2. The zero-order valence-corrected chi connectivity index (χ0v) is 16.9. The molecule has 1 atom stereocenters. The number of hydrogen-bond acceptors (Lipinski definition) is 4. The first-order chi connectivity index (χ1) is 14.1. The molecule has 0 aromatic heterocycles. The van der Waals surface area contributed by atoms with Crippen molar-refractivity contribution >= 4 is 11.8 Å². The number of rotatable bonds is 8. The zero-order chi connectivity index (χ0) is 20.5. The van der Waals surface area contributed by atoms with Gasteiger partial charge < -0.3 is 15.0 Å². The van der Waals surface area contributed by atoms with Crippen LogP contribution in [0.2, 0.25) is 0 Å². The number of amides is 2. The van der Waals surface area contributed by atoms with Gasteiger partial charge in [0.1, 0.15) is 6.04 Å². The lowest BCUT2D eigenvalue weighted by Gasteiger charge is -2.31. The molecule has 1 aliphatic heterocycles. The zero-order valence-electron chi connectivity index (χ0n) is 16.9. The van der Waals surface area contributed by atoms with Gasteiger partial charge in [-0.25, -0.2) is 0 Å². The number of carbonyl (C=O) groups is 2. The average Bonchev–Trinajstić information content (AvgIpc) is 2.75. The Kier molecular flexibility index (Phi) is 7.78. The molecule has 2 aromatic carbocycles. The van der Waals surface area contributed by atoms with Gasteiger partial charge in [0, 0.05) is 39.6 Å². The van der Waals surface area contributed by atoms with Gasteiger partial charge in [0.15, 0.2) is 0 Å². The Morgan fingerprint density at radius 1 is 1.03 bits per heavy atom. The van der Waals surface area contributed by atoms with Gasteiger partial charge in [-0.2, -0.15) is 0 Å². The van der Waals surface area contributed by atoms with Crippen molar-refractivity contribution in [2.24, 2.45) is 0 Å². The predicted molar refractivity (Wildman–Crippen MR) is 112 cm³/mol. The summed E-state index contributed by atoms with van der Waals surface area (Å²) in [5, 5.41) is 3.03. The van der Waals surface area contributed by atoms with Crippen molar-refractivity contribution in [3.63, 3.8) is 0 Å². The Labute approximate surface area is 172 Å². The van der Waals surface area contributed by atoms with Crippen LogP contribution in [0, 0.1) is 0 Å². The molecule has 29 heavy (non-hydrogen) atoms. The van der Waals surface area contributed by atoms with Crippen LogP contribution in [0.15, 0.2) is 60.7 Å². The molecule has 0 unspecified atom stereocenters. The summed E-state index contributed by atoms with van der Waals surface area (Å²) in [6.07, 6.45) is 0. The summed E-state index contributed by atoms with van der Waals surface area (Å²) >= 11 is 0. The van der Waals surface area contributed by atoms with Crippen LogP contribution in [0.3, 0.4) is 0 Å². The fourth-order valence-corrected chi connectivity index (χ4v) is 3.53. The highest BCUT2D eigenvalue weighted by atomic mass is 16.5. The Balaban J connectivity index is 1.73. The highest BCUT2D eigenvalue weighted by Crippen LogP contribution is 2.23. The number of benzene rings is 2. The third-order valence-corrected chi connectivity index (χ3v) is 5.11. The van der Waals surface area contributed by atoms with Gasteiger partial charge in [-0.1, -0.05) is 60.7 Å². The molecule has 154 valence electrons. The number of ether oxygens (including phenoxy) is 1. The molecule has 6 nitrogen and oxygen atoms in total. The fourth-order valence-electron chi connectivity index (χ4n) is 3.53. The van der Waals surface area contributed by atoms with Crippen molar-refractivity contribution in [1.82, 2.24) is 15.1 Å². The van der Waals surface area contributed by atoms with E-state index in [9.17, 15) is 9.59 Å². The molecule has 1 fully saturated rings. The summed E-state index contributed by atoms with van der Waals surface area (Å²) < 4.78 is 5.36. The van der Waals surface area contributed by atoms with Gasteiger partial charge in [-0.15, -0.1) is 0 Å². The van der Waals surface area contributed by atoms with E-state index < -0.39 is 6.04 Å². The van der Waals surface area contributed by atoms with Crippen LogP contribution in [0.4, 0.5) is 0 Å². The summed E-state index contributed by atoms with van der Waals surface area (Å²) in [6.45, 7) is 6.43. The van der Waals surface area contributed by atoms with E-state index in [1.54, 1.807) is 4.90 Å². The van der Waals surface area contributed by atoms with Crippen LogP contribution in [-0.2, 0) is 20.9 Å². The second kappa shape index (κ2) is 10.7. The van der Waals surface area contributed by atoms with Crippen molar-refractivity contribution in [3.05, 3.63) is 71.8 Å². The maximum absolute atomic E-state index is 13.2. The molecule has 0 aliphatic carbocycles. The smallest absolute Gasteiger partial charge is 0.247 e. The minimum atomic E-state index is -0.668. The van der Waals surface area contributed by atoms with E-state index in [1.165, 1.54) is 6.92 Å². The second-order valence-electron chi connectivity index (χ2n) is 7.19.